The van der Waals surface area contributed by atoms with Gasteiger partial charge in [0, 0.05) is 5.92 Å². The number of cyclic esters (lactones) is 1. The van der Waals surface area contributed by atoms with Crippen molar-refractivity contribution in [1.29, 1.82) is 0 Å². The third-order valence-corrected chi connectivity index (χ3v) is 6.47. The molecule has 8 heteroatoms. The zero-order valence-corrected chi connectivity index (χ0v) is 21.5. The molecule has 180 valence electrons. The van der Waals surface area contributed by atoms with Crippen LogP contribution < -0.4 is 23.4 Å². The molecule has 2 unspecified atom stereocenters. The lowest BCUT2D eigenvalue weighted by molar-refractivity contribution is -0.141. The van der Waals surface area contributed by atoms with Gasteiger partial charge in [-0.2, -0.15) is 0 Å². The molecule has 0 aromatic heterocycles. The lowest BCUT2D eigenvalue weighted by atomic mass is 9.85. The van der Waals surface area contributed by atoms with Gasteiger partial charge in [0.05, 0.1) is 41.0 Å². The van der Waals surface area contributed by atoms with Crippen molar-refractivity contribution in [2.24, 2.45) is 11.8 Å². The summed E-state index contributed by atoms with van der Waals surface area (Å²) < 4.78 is 33.5. The fourth-order valence-corrected chi connectivity index (χ4v) is 4.95. The Hall–Kier alpha value is -2.87. The molecule has 0 radical (unpaired) electrons. The summed E-state index contributed by atoms with van der Waals surface area (Å²) in [5.41, 5.74) is 2.00. The number of esters is 1. The van der Waals surface area contributed by atoms with E-state index >= 15 is 0 Å². The Morgan fingerprint density at radius 3 is 1.97 bits per heavy atom. The number of benzene rings is 2. The van der Waals surface area contributed by atoms with Crippen LogP contribution in [-0.2, 0) is 22.4 Å². The molecule has 0 bridgehead atoms. The molecule has 7 nitrogen and oxygen atoms in total. The lowest BCUT2D eigenvalue weighted by Gasteiger charge is -2.22. The minimum Gasteiger partial charge on any atom is -0.542 e. The quantitative estimate of drug-likeness (QED) is 0.371. The van der Waals surface area contributed by atoms with E-state index in [1.807, 2.05) is 30.3 Å². The van der Waals surface area contributed by atoms with Crippen molar-refractivity contribution in [3.8, 4) is 28.7 Å². The first-order chi connectivity index (χ1) is 15.7. The van der Waals surface area contributed by atoms with Crippen molar-refractivity contribution in [2.45, 2.75) is 32.5 Å². The molecule has 0 amide bonds. The molecule has 1 fully saturated rings. The predicted octanol–water partition coefficient (Wildman–Crippen LogP) is 4.51. The van der Waals surface area contributed by atoms with Crippen LogP contribution in [0.5, 0.6) is 28.7 Å². The molecule has 1 saturated heterocycles. The highest BCUT2D eigenvalue weighted by atomic mass is 28.4. The van der Waals surface area contributed by atoms with Gasteiger partial charge in [-0.25, -0.2) is 0 Å². The Morgan fingerprint density at radius 2 is 1.42 bits per heavy atom. The molecule has 3 rings (SSSR count). The molecular formula is C25H34O7Si. The van der Waals surface area contributed by atoms with Gasteiger partial charge < -0.3 is 28.1 Å². The van der Waals surface area contributed by atoms with Crippen molar-refractivity contribution in [1.82, 2.24) is 0 Å². The first kappa shape index (κ1) is 24.8. The Balaban J connectivity index is 1.81. The van der Waals surface area contributed by atoms with Crippen molar-refractivity contribution in [3.05, 3.63) is 41.5 Å². The number of carbonyl (C=O) groups is 1. The molecular weight excluding hydrogens is 440 g/mol. The molecule has 2 aromatic rings. The molecule has 33 heavy (non-hydrogen) atoms. The molecule has 0 aliphatic carbocycles. The van der Waals surface area contributed by atoms with E-state index in [2.05, 4.69) is 19.6 Å². The molecule has 0 N–H and O–H groups in total. The fourth-order valence-electron chi connectivity index (χ4n) is 4.12. The number of hydrogen-bond donors (Lipinski definition) is 0. The molecule has 1 heterocycles. The molecule has 2 atom stereocenters. The van der Waals surface area contributed by atoms with Crippen molar-refractivity contribution in [2.75, 3.05) is 35.0 Å². The Labute approximate surface area is 197 Å². The molecule has 1 aliphatic rings. The van der Waals surface area contributed by atoms with E-state index in [1.165, 1.54) is 0 Å². The second-order valence-corrected chi connectivity index (χ2v) is 13.6. The smallest absolute Gasteiger partial charge is 0.309 e. The highest BCUT2D eigenvalue weighted by molar-refractivity contribution is 6.70. The van der Waals surface area contributed by atoms with Crippen LogP contribution in [0.2, 0.25) is 19.6 Å². The van der Waals surface area contributed by atoms with E-state index in [-0.39, 0.29) is 17.8 Å². The third-order valence-electron chi connectivity index (χ3n) is 5.63. The largest absolute Gasteiger partial charge is 0.542 e. The van der Waals surface area contributed by atoms with Gasteiger partial charge in [0.1, 0.15) is 5.75 Å². The van der Waals surface area contributed by atoms with Gasteiger partial charge in [-0.15, -0.1) is 0 Å². The Morgan fingerprint density at radius 1 is 0.818 bits per heavy atom. The van der Waals surface area contributed by atoms with E-state index < -0.39 is 8.32 Å². The van der Waals surface area contributed by atoms with Gasteiger partial charge in [0.2, 0.25) is 14.1 Å². The number of hydrogen-bond acceptors (Lipinski definition) is 7. The zero-order chi connectivity index (χ0) is 24.2. The maximum absolute atomic E-state index is 12.6. The average molecular weight is 475 g/mol. The van der Waals surface area contributed by atoms with Gasteiger partial charge in [-0.3, -0.25) is 4.79 Å². The number of ether oxygens (including phenoxy) is 5. The summed E-state index contributed by atoms with van der Waals surface area (Å²) in [5, 5.41) is 0. The van der Waals surface area contributed by atoms with Gasteiger partial charge >= 0.3 is 5.97 Å². The molecule has 0 spiro atoms. The first-order valence-electron chi connectivity index (χ1n) is 11.0. The van der Waals surface area contributed by atoms with Gasteiger partial charge in [-0.05, 0) is 67.9 Å². The summed E-state index contributed by atoms with van der Waals surface area (Å²) in [6, 6.07) is 9.76. The minimum absolute atomic E-state index is 0.0463. The summed E-state index contributed by atoms with van der Waals surface area (Å²) >= 11 is 0. The fraction of sp³-hybridized carbons (Fsp3) is 0.480. The lowest BCUT2D eigenvalue weighted by Crippen LogP contribution is -2.29. The Bertz CT molecular complexity index is 958. The van der Waals surface area contributed by atoms with Gasteiger partial charge in [0.15, 0.2) is 17.2 Å². The third kappa shape index (κ3) is 5.93. The SMILES string of the molecule is COc1cc(CC2COC(=O)C2Cc2cc(OC)c(OC)c(OC)c2)ccc1O[Si](C)(C)C. The van der Waals surface area contributed by atoms with Crippen LogP contribution in [-0.4, -0.2) is 49.3 Å². The van der Waals surface area contributed by atoms with Crippen LogP contribution in [0.15, 0.2) is 30.3 Å². The van der Waals surface area contributed by atoms with Crippen molar-refractivity contribution < 1.29 is 32.9 Å². The van der Waals surface area contributed by atoms with Crippen molar-refractivity contribution >= 4 is 14.3 Å². The van der Waals surface area contributed by atoms with Crippen molar-refractivity contribution in [3.63, 3.8) is 0 Å². The topological polar surface area (TPSA) is 72.5 Å². The van der Waals surface area contributed by atoms with E-state index in [4.69, 9.17) is 28.1 Å². The summed E-state index contributed by atoms with van der Waals surface area (Å²) in [6.07, 6.45) is 1.22. The van der Waals surface area contributed by atoms with E-state index in [0.29, 0.717) is 42.4 Å². The second kappa shape index (κ2) is 10.4. The average Bonchev–Trinajstić information content (AvgIpc) is 3.11. The van der Waals surface area contributed by atoms with Gasteiger partial charge in [0.25, 0.3) is 0 Å². The number of rotatable bonds is 10. The predicted molar refractivity (Wildman–Crippen MR) is 128 cm³/mol. The maximum Gasteiger partial charge on any atom is 0.309 e. The summed E-state index contributed by atoms with van der Waals surface area (Å²) in [4.78, 5) is 12.6. The van der Waals surface area contributed by atoms with Crippen LogP contribution in [0.3, 0.4) is 0 Å². The zero-order valence-electron chi connectivity index (χ0n) is 20.5. The van der Waals surface area contributed by atoms with Crippen LogP contribution in [0.4, 0.5) is 0 Å². The van der Waals surface area contributed by atoms with E-state index in [0.717, 1.165) is 16.9 Å². The molecule has 0 saturated carbocycles. The van der Waals surface area contributed by atoms with Crippen LogP contribution in [0.25, 0.3) is 0 Å². The van der Waals surface area contributed by atoms with E-state index in [9.17, 15) is 4.79 Å². The van der Waals surface area contributed by atoms with Crippen LogP contribution in [0.1, 0.15) is 11.1 Å². The minimum atomic E-state index is -1.76. The second-order valence-electron chi connectivity index (χ2n) is 9.14. The highest BCUT2D eigenvalue weighted by Crippen LogP contribution is 2.40. The summed E-state index contributed by atoms with van der Waals surface area (Å²) in [6.45, 7) is 6.80. The monoisotopic (exact) mass is 474 g/mol. The normalized spacial score (nSPS) is 18.0. The van der Waals surface area contributed by atoms with Crippen LogP contribution >= 0.6 is 0 Å². The van der Waals surface area contributed by atoms with Crippen LogP contribution in [0, 0.1) is 11.8 Å². The summed E-state index contributed by atoms with van der Waals surface area (Å²) in [5.74, 6) is 2.73. The van der Waals surface area contributed by atoms with Gasteiger partial charge in [-0.1, -0.05) is 6.07 Å². The molecule has 2 aromatic carbocycles. The van der Waals surface area contributed by atoms with E-state index in [1.54, 1.807) is 28.4 Å². The highest BCUT2D eigenvalue weighted by Gasteiger charge is 2.37. The Kier molecular flexibility index (Phi) is 7.79. The first-order valence-corrected chi connectivity index (χ1v) is 14.4. The maximum atomic E-state index is 12.6. The standard InChI is InChI=1S/C25H34O7Si/c1-27-21-12-16(8-9-20(21)32-33(5,6)7)10-18-15-31-25(26)19(18)11-17-13-22(28-2)24(30-4)23(14-17)29-3/h8-9,12-14,18-19H,10-11,15H2,1-7H3. The number of carbonyl (C=O) groups excluding carboxylic acids is 1. The molecule has 1 aliphatic heterocycles. The number of methoxy groups -OCH3 is 4. The summed E-state index contributed by atoms with van der Waals surface area (Å²) in [7, 11) is 4.61.